The highest BCUT2D eigenvalue weighted by molar-refractivity contribution is 6.30. The number of hydrogen-bond donors (Lipinski definition) is 1. The maximum Gasteiger partial charge on any atom is 0.313 e. The zero-order chi connectivity index (χ0) is 14.7. The van der Waals surface area contributed by atoms with Gasteiger partial charge in [-0.1, -0.05) is 23.7 Å². The van der Waals surface area contributed by atoms with Gasteiger partial charge in [0, 0.05) is 5.02 Å². The van der Waals surface area contributed by atoms with Crippen LogP contribution >= 0.6 is 11.6 Å². The number of benzene rings is 1. The number of aliphatic carboxylic acids is 1. The van der Waals surface area contributed by atoms with Gasteiger partial charge in [0.15, 0.2) is 5.82 Å². The van der Waals surface area contributed by atoms with Gasteiger partial charge in [0.1, 0.15) is 12.2 Å². The third-order valence-corrected chi connectivity index (χ3v) is 3.22. The summed E-state index contributed by atoms with van der Waals surface area (Å²) in [4.78, 5) is 18.9. The molecule has 2 rings (SSSR count). The Kier molecular flexibility index (Phi) is 4.29. The summed E-state index contributed by atoms with van der Waals surface area (Å²) in [5.41, 5.74) is 0.787. The van der Waals surface area contributed by atoms with Gasteiger partial charge in [-0.05, 0) is 31.0 Å². The monoisotopic (exact) mass is 294 g/mol. The van der Waals surface area contributed by atoms with Crippen molar-refractivity contribution in [3.8, 4) is 0 Å². The molecule has 0 amide bonds. The number of aromatic nitrogens is 2. The minimum atomic E-state index is -1.13. The quantitative estimate of drug-likeness (QED) is 0.941. The van der Waals surface area contributed by atoms with Gasteiger partial charge in [-0.2, -0.15) is 0 Å². The Balaban J connectivity index is 2.34. The van der Waals surface area contributed by atoms with Crippen LogP contribution in [0.15, 0.2) is 30.6 Å². The summed E-state index contributed by atoms with van der Waals surface area (Å²) in [6.45, 7) is 1.47. The summed E-state index contributed by atoms with van der Waals surface area (Å²) in [6.07, 6.45) is 1.31. The molecule has 0 saturated heterocycles. The van der Waals surface area contributed by atoms with Crippen LogP contribution in [0.25, 0.3) is 0 Å². The second-order valence-electron chi connectivity index (χ2n) is 4.38. The number of carboxylic acids is 1. The van der Waals surface area contributed by atoms with E-state index in [0.29, 0.717) is 5.02 Å². The number of aryl methyl sites for hydroxylation is 1. The van der Waals surface area contributed by atoms with Gasteiger partial charge in [-0.15, -0.1) is 0 Å². The van der Waals surface area contributed by atoms with Crippen LogP contribution in [-0.4, -0.2) is 21.0 Å². The molecule has 1 atom stereocenters. The average molecular weight is 295 g/mol. The van der Waals surface area contributed by atoms with Crippen molar-refractivity contribution in [2.45, 2.75) is 19.3 Å². The van der Waals surface area contributed by atoms with Crippen LogP contribution in [-0.2, 0) is 11.2 Å². The largest absolute Gasteiger partial charge is 0.481 e. The minimum Gasteiger partial charge on any atom is -0.481 e. The zero-order valence-corrected chi connectivity index (χ0v) is 11.4. The second kappa shape index (κ2) is 5.96. The maximum absolute atomic E-state index is 14.0. The van der Waals surface area contributed by atoms with E-state index in [9.17, 15) is 14.3 Å². The molecule has 20 heavy (non-hydrogen) atoms. The summed E-state index contributed by atoms with van der Waals surface area (Å²) < 4.78 is 14.0. The Bertz CT molecular complexity index is 632. The third kappa shape index (κ3) is 3.11. The van der Waals surface area contributed by atoms with E-state index in [2.05, 4.69) is 9.97 Å². The first kappa shape index (κ1) is 14.4. The van der Waals surface area contributed by atoms with Gasteiger partial charge in [-0.3, -0.25) is 4.79 Å². The molecule has 0 aliphatic heterocycles. The molecule has 4 nitrogen and oxygen atoms in total. The predicted octanol–water partition coefficient (Wildman–Crippen LogP) is 2.99. The SMILES string of the molecule is Cc1ncnc(C(Cc2ccc(Cl)cc2)C(=O)O)c1F. The molecule has 0 saturated carbocycles. The lowest BCUT2D eigenvalue weighted by molar-refractivity contribution is -0.138. The molecular weight excluding hydrogens is 283 g/mol. The standard InChI is InChI=1S/C14H12ClFN2O2/c1-8-12(16)13(18-7-17-8)11(14(19)20)6-9-2-4-10(15)5-3-9/h2-5,7,11H,6H2,1H3,(H,19,20). The first-order valence-electron chi connectivity index (χ1n) is 5.93. The maximum atomic E-state index is 14.0. The molecule has 1 N–H and O–H groups in total. The molecule has 0 radical (unpaired) electrons. The molecule has 0 spiro atoms. The lowest BCUT2D eigenvalue weighted by Crippen LogP contribution is -2.18. The molecule has 6 heteroatoms. The molecule has 1 heterocycles. The molecule has 0 bridgehead atoms. The van der Waals surface area contributed by atoms with Gasteiger partial charge in [-0.25, -0.2) is 14.4 Å². The van der Waals surface area contributed by atoms with Gasteiger partial charge >= 0.3 is 5.97 Å². The van der Waals surface area contributed by atoms with Crippen LogP contribution in [0.2, 0.25) is 5.02 Å². The van der Waals surface area contributed by atoms with Crippen LogP contribution in [0.3, 0.4) is 0 Å². The van der Waals surface area contributed by atoms with Crippen molar-refractivity contribution >= 4 is 17.6 Å². The number of carbonyl (C=O) groups is 1. The lowest BCUT2D eigenvalue weighted by Gasteiger charge is -2.13. The molecule has 1 aromatic heterocycles. The average Bonchev–Trinajstić information content (AvgIpc) is 2.41. The number of rotatable bonds is 4. The van der Waals surface area contributed by atoms with Gasteiger partial charge in [0.25, 0.3) is 0 Å². The lowest BCUT2D eigenvalue weighted by atomic mass is 9.95. The molecule has 2 aromatic rings. The fraction of sp³-hybridized carbons (Fsp3) is 0.214. The first-order chi connectivity index (χ1) is 9.49. The van der Waals surface area contributed by atoms with Crippen molar-refractivity contribution in [2.24, 2.45) is 0 Å². The summed E-state index contributed by atoms with van der Waals surface area (Å²) in [5.74, 6) is -2.86. The van der Waals surface area contributed by atoms with E-state index in [0.717, 1.165) is 5.56 Å². The molecule has 0 fully saturated rings. The van der Waals surface area contributed by atoms with Crippen LogP contribution in [0, 0.1) is 12.7 Å². The van der Waals surface area contributed by atoms with E-state index in [4.69, 9.17) is 11.6 Å². The number of carboxylic acid groups (broad SMARTS) is 1. The normalized spacial score (nSPS) is 12.2. The summed E-state index contributed by atoms with van der Waals surface area (Å²) in [5, 5.41) is 9.86. The van der Waals surface area contributed by atoms with Gasteiger partial charge in [0.2, 0.25) is 0 Å². The second-order valence-corrected chi connectivity index (χ2v) is 4.82. The Morgan fingerprint density at radius 1 is 1.35 bits per heavy atom. The molecule has 104 valence electrons. The van der Waals surface area contributed by atoms with Crippen LogP contribution in [0.4, 0.5) is 4.39 Å². The van der Waals surface area contributed by atoms with E-state index in [-0.39, 0.29) is 17.8 Å². The minimum absolute atomic E-state index is 0.0973. The fourth-order valence-corrected chi connectivity index (χ4v) is 2.00. The summed E-state index contributed by atoms with van der Waals surface area (Å²) in [6, 6.07) is 6.75. The molecule has 1 unspecified atom stereocenters. The van der Waals surface area contributed by atoms with Crippen molar-refractivity contribution in [2.75, 3.05) is 0 Å². The summed E-state index contributed by atoms with van der Waals surface area (Å²) >= 11 is 5.78. The smallest absolute Gasteiger partial charge is 0.313 e. The Morgan fingerprint density at radius 3 is 2.60 bits per heavy atom. The predicted molar refractivity (Wildman–Crippen MR) is 72.3 cm³/mol. The highest BCUT2D eigenvalue weighted by Gasteiger charge is 2.26. The van der Waals surface area contributed by atoms with Crippen LogP contribution < -0.4 is 0 Å². The van der Waals surface area contributed by atoms with Crippen molar-refractivity contribution in [1.82, 2.24) is 9.97 Å². The zero-order valence-electron chi connectivity index (χ0n) is 10.7. The Morgan fingerprint density at radius 2 is 2.00 bits per heavy atom. The van der Waals surface area contributed by atoms with E-state index in [1.54, 1.807) is 24.3 Å². The number of nitrogens with zero attached hydrogens (tertiary/aromatic N) is 2. The van der Waals surface area contributed by atoms with Crippen LogP contribution in [0.1, 0.15) is 22.9 Å². The van der Waals surface area contributed by atoms with Crippen molar-refractivity contribution in [3.05, 3.63) is 58.4 Å². The van der Waals surface area contributed by atoms with E-state index < -0.39 is 17.7 Å². The van der Waals surface area contributed by atoms with Gasteiger partial charge < -0.3 is 5.11 Å². The van der Waals surface area contributed by atoms with Gasteiger partial charge in [0.05, 0.1) is 11.4 Å². The topological polar surface area (TPSA) is 63.1 Å². The van der Waals surface area contributed by atoms with E-state index in [1.165, 1.54) is 13.3 Å². The van der Waals surface area contributed by atoms with Crippen molar-refractivity contribution in [3.63, 3.8) is 0 Å². The fourth-order valence-electron chi connectivity index (χ4n) is 1.88. The third-order valence-electron chi connectivity index (χ3n) is 2.97. The molecule has 0 aliphatic carbocycles. The highest BCUT2D eigenvalue weighted by Crippen LogP contribution is 2.23. The summed E-state index contributed by atoms with van der Waals surface area (Å²) in [7, 11) is 0. The van der Waals surface area contributed by atoms with Crippen LogP contribution in [0.5, 0.6) is 0 Å². The molecular formula is C14H12ClFN2O2. The van der Waals surface area contributed by atoms with E-state index in [1.807, 2.05) is 0 Å². The Hall–Kier alpha value is -2.01. The van der Waals surface area contributed by atoms with E-state index >= 15 is 0 Å². The first-order valence-corrected chi connectivity index (χ1v) is 6.31. The number of halogens is 2. The number of hydrogen-bond acceptors (Lipinski definition) is 3. The van der Waals surface area contributed by atoms with Crippen molar-refractivity contribution < 1.29 is 14.3 Å². The van der Waals surface area contributed by atoms with Crippen molar-refractivity contribution in [1.29, 1.82) is 0 Å². The molecule has 1 aromatic carbocycles. The molecule has 0 aliphatic rings. The Labute approximate surface area is 120 Å². The highest BCUT2D eigenvalue weighted by atomic mass is 35.5.